The summed E-state index contributed by atoms with van der Waals surface area (Å²) in [4.78, 5) is 0. The molecule has 0 amide bonds. The molecule has 1 N–H and O–H groups in total. The van der Waals surface area contributed by atoms with E-state index in [0.29, 0.717) is 6.42 Å². The molecule has 1 nitrogen and oxygen atoms in total. The van der Waals surface area contributed by atoms with Gasteiger partial charge in [-0.25, -0.2) is 0 Å². The number of aryl methyl sites for hydroxylation is 1. The number of rotatable bonds is 5. The van der Waals surface area contributed by atoms with Gasteiger partial charge in [-0.2, -0.15) is 0 Å². The van der Waals surface area contributed by atoms with Gasteiger partial charge in [0.2, 0.25) is 0 Å². The SMILES string of the molecule is CCCc1ccc(C(O)(CC)c2ccccc2)cc1. The molecule has 0 aliphatic rings. The molecule has 0 heterocycles. The molecule has 19 heavy (non-hydrogen) atoms. The van der Waals surface area contributed by atoms with Crippen LogP contribution in [0.1, 0.15) is 43.4 Å². The average Bonchev–Trinajstić information content (AvgIpc) is 2.48. The van der Waals surface area contributed by atoms with Crippen LogP contribution in [0, 0.1) is 0 Å². The van der Waals surface area contributed by atoms with Gasteiger partial charge >= 0.3 is 0 Å². The minimum absolute atomic E-state index is 0.671. The third-order valence-corrected chi connectivity index (χ3v) is 3.73. The summed E-state index contributed by atoms with van der Waals surface area (Å²) in [5.41, 5.74) is 2.38. The highest BCUT2D eigenvalue weighted by molar-refractivity contribution is 5.37. The zero-order valence-electron chi connectivity index (χ0n) is 11.8. The monoisotopic (exact) mass is 254 g/mol. The van der Waals surface area contributed by atoms with Crippen LogP contribution in [-0.4, -0.2) is 5.11 Å². The highest BCUT2D eigenvalue weighted by atomic mass is 16.3. The van der Waals surface area contributed by atoms with Gasteiger partial charge in [0, 0.05) is 0 Å². The van der Waals surface area contributed by atoms with Crippen molar-refractivity contribution in [1.82, 2.24) is 0 Å². The summed E-state index contributed by atoms with van der Waals surface area (Å²) in [7, 11) is 0. The van der Waals surface area contributed by atoms with E-state index in [1.807, 2.05) is 37.3 Å². The Bertz CT molecular complexity index is 501. The van der Waals surface area contributed by atoms with Crippen molar-refractivity contribution >= 4 is 0 Å². The molecule has 2 aromatic carbocycles. The van der Waals surface area contributed by atoms with Gasteiger partial charge in [-0.1, -0.05) is 74.9 Å². The van der Waals surface area contributed by atoms with Crippen molar-refractivity contribution in [2.45, 2.75) is 38.7 Å². The molecular weight excluding hydrogens is 232 g/mol. The van der Waals surface area contributed by atoms with Gasteiger partial charge in [0.05, 0.1) is 0 Å². The third-order valence-electron chi connectivity index (χ3n) is 3.73. The van der Waals surface area contributed by atoms with Crippen LogP contribution in [0.15, 0.2) is 54.6 Å². The lowest BCUT2D eigenvalue weighted by Crippen LogP contribution is -2.26. The predicted octanol–water partition coefficient (Wildman–Crippen LogP) is 4.29. The first kappa shape index (κ1) is 13.8. The Balaban J connectivity index is 2.36. The maximum Gasteiger partial charge on any atom is 0.114 e. The summed E-state index contributed by atoms with van der Waals surface area (Å²) in [6.07, 6.45) is 2.91. The van der Waals surface area contributed by atoms with Crippen molar-refractivity contribution in [3.8, 4) is 0 Å². The fourth-order valence-electron chi connectivity index (χ4n) is 2.52. The molecule has 0 saturated carbocycles. The van der Waals surface area contributed by atoms with Gasteiger partial charge in [0.1, 0.15) is 5.60 Å². The molecule has 1 atom stereocenters. The van der Waals surface area contributed by atoms with Gasteiger partial charge in [0.15, 0.2) is 0 Å². The molecule has 1 unspecified atom stereocenters. The minimum atomic E-state index is -0.883. The molecule has 0 bridgehead atoms. The first-order valence-corrected chi connectivity index (χ1v) is 7.08. The molecule has 100 valence electrons. The Morgan fingerprint density at radius 2 is 1.42 bits per heavy atom. The highest BCUT2D eigenvalue weighted by Crippen LogP contribution is 2.32. The van der Waals surface area contributed by atoms with Crippen LogP contribution >= 0.6 is 0 Å². The average molecular weight is 254 g/mol. The van der Waals surface area contributed by atoms with E-state index >= 15 is 0 Å². The third kappa shape index (κ3) is 2.87. The molecule has 0 aromatic heterocycles. The zero-order chi connectivity index (χ0) is 13.7. The molecule has 0 saturated heterocycles. The van der Waals surface area contributed by atoms with Gasteiger partial charge in [-0.15, -0.1) is 0 Å². The lowest BCUT2D eigenvalue weighted by Gasteiger charge is -2.28. The van der Waals surface area contributed by atoms with E-state index in [4.69, 9.17) is 0 Å². The van der Waals surface area contributed by atoms with Gasteiger partial charge < -0.3 is 5.11 Å². The van der Waals surface area contributed by atoms with Crippen LogP contribution in [0.4, 0.5) is 0 Å². The second-order valence-electron chi connectivity index (χ2n) is 5.03. The number of aliphatic hydroxyl groups is 1. The van der Waals surface area contributed by atoms with Crippen molar-refractivity contribution in [1.29, 1.82) is 0 Å². The molecule has 0 spiro atoms. The first-order valence-electron chi connectivity index (χ1n) is 7.08. The molecule has 2 aromatic rings. The second-order valence-corrected chi connectivity index (χ2v) is 5.03. The van der Waals surface area contributed by atoms with E-state index < -0.39 is 5.60 Å². The van der Waals surface area contributed by atoms with E-state index in [-0.39, 0.29) is 0 Å². The van der Waals surface area contributed by atoms with Gasteiger partial charge in [-0.3, -0.25) is 0 Å². The smallest absolute Gasteiger partial charge is 0.114 e. The molecule has 0 aliphatic carbocycles. The summed E-state index contributed by atoms with van der Waals surface area (Å²) in [6, 6.07) is 18.3. The number of hydrogen-bond donors (Lipinski definition) is 1. The Morgan fingerprint density at radius 3 is 1.95 bits per heavy atom. The molecule has 1 heteroatoms. The number of hydrogen-bond acceptors (Lipinski definition) is 1. The lowest BCUT2D eigenvalue weighted by atomic mass is 9.84. The minimum Gasteiger partial charge on any atom is -0.380 e. The fraction of sp³-hybridized carbons (Fsp3) is 0.333. The zero-order valence-corrected chi connectivity index (χ0v) is 11.8. The predicted molar refractivity (Wildman–Crippen MR) is 80.2 cm³/mol. The Labute approximate surface area is 115 Å². The van der Waals surface area contributed by atoms with E-state index in [1.165, 1.54) is 5.56 Å². The van der Waals surface area contributed by atoms with Crippen molar-refractivity contribution < 1.29 is 5.11 Å². The van der Waals surface area contributed by atoms with Crippen molar-refractivity contribution in [2.75, 3.05) is 0 Å². The van der Waals surface area contributed by atoms with Crippen LogP contribution in [0.5, 0.6) is 0 Å². The summed E-state index contributed by atoms with van der Waals surface area (Å²) in [5.74, 6) is 0. The Kier molecular flexibility index (Phi) is 4.39. The van der Waals surface area contributed by atoms with Crippen LogP contribution in [0.2, 0.25) is 0 Å². The van der Waals surface area contributed by atoms with Gasteiger partial charge in [-0.05, 0) is 29.5 Å². The van der Waals surface area contributed by atoms with Crippen LogP contribution in [0.25, 0.3) is 0 Å². The van der Waals surface area contributed by atoms with Crippen LogP contribution < -0.4 is 0 Å². The summed E-state index contributed by atoms with van der Waals surface area (Å²) in [6.45, 7) is 4.20. The summed E-state index contributed by atoms with van der Waals surface area (Å²) in [5, 5.41) is 11.0. The number of benzene rings is 2. The largest absolute Gasteiger partial charge is 0.380 e. The van der Waals surface area contributed by atoms with Crippen LogP contribution in [-0.2, 0) is 12.0 Å². The first-order chi connectivity index (χ1) is 9.20. The highest BCUT2D eigenvalue weighted by Gasteiger charge is 2.28. The lowest BCUT2D eigenvalue weighted by molar-refractivity contribution is 0.0765. The van der Waals surface area contributed by atoms with E-state index in [1.54, 1.807) is 0 Å². The summed E-state index contributed by atoms with van der Waals surface area (Å²) >= 11 is 0. The van der Waals surface area contributed by atoms with E-state index in [0.717, 1.165) is 24.0 Å². The summed E-state index contributed by atoms with van der Waals surface area (Å²) < 4.78 is 0. The molecular formula is C18H22O. The normalized spacial score (nSPS) is 14.1. The quantitative estimate of drug-likeness (QED) is 0.844. The Morgan fingerprint density at radius 1 is 0.842 bits per heavy atom. The topological polar surface area (TPSA) is 20.2 Å². The molecule has 0 aliphatic heterocycles. The molecule has 0 radical (unpaired) electrons. The van der Waals surface area contributed by atoms with Gasteiger partial charge in [0.25, 0.3) is 0 Å². The van der Waals surface area contributed by atoms with E-state index in [2.05, 4.69) is 31.2 Å². The van der Waals surface area contributed by atoms with Crippen LogP contribution in [0.3, 0.4) is 0 Å². The maximum absolute atomic E-state index is 11.0. The van der Waals surface area contributed by atoms with Crippen molar-refractivity contribution in [3.63, 3.8) is 0 Å². The van der Waals surface area contributed by atoms with Crippen molar-refractivity contribution in [2.24, 2.45) is 0 Å². The fourth-order valence-corrected chi connectivity index (χ4v) is 2.52. The van der Waals surface area contributed by atoms with Crippen molar-refractivity contribution in [3.05, 3.63) is 71.3 Å². The van der Waals surface area contributed by atoms with E-state index in [9.17, 15) is 5.11 Å². The molecule has 0 fully saturated rings. The molecule has 2 rings (SSSR count). The maximum atomic E-state index is 11.0. The second kappa shape index (κ2) is 6.03. The standard InChI is InChI=1S/C18H22O/c1-3-8-15-11-13-17(14-12-15)18(19,4-2)16-9-6-5-7-10-16/h5-7,9-14,19H,3-4,8H2,1-2H3. The Hall–Kier alpha value is -1.60.